The van der Waals surface area contributed by atoms with Crippen LogP contribution in [-0.2, 0) is 24.7 Å². The van der Waals surface area contributed by atoms with Crippen LogP contribution in [0.4, 0.5) is 11.4 Å². The molecule has 3 heteroatoms. The maximum atomic E-state index is 11.1. The molecule has 0 aromatic heterocycles. The third kappa shape index (κ3) is 2.18. The van der Waals surface area contributed by atoms with Crippen molar-refractivity contribution in [2.24, 2.45) is 5.92 Å². The molecule has 2 aromatic carbocycles. The van der Waals surface area contributed by atoms with Crippen molar-refractivity contribution in [1.29, 1.82) is 0 Å². The molecule has 2 aromatic rings. The van der Waals surface area contributed by atoms with Crippen LogP contribution in [0, 0.1) is 5.92 Å². The monoisotopic (exact) mass is 360 g/mol. The van der Waals surface area contributed by atoms with E-state index < -0.39 is 0 Å². The average molecular weight is 361 g/mol. The van der Waals surface area contributed by atoms with Gasteiger partial charge in [0, 0.05) is 17.1 Å². The fourth-order valence-electron chi connectivity index (χ4n) is 6.80. The summed E-state index contributed by atoms with van der Waals surface area (Å²) in [5.74, 6) is 1.21. The number of rotatable bonds is 0. The van der Waals surface area contributed by atoms with E-state index in [4.69, 9.17) is 0 Å². The summed E-state index contributed by atoms with van der Waals surface area (Å²) in [6.45, 7) is 1.13. The maximum absolute atomic E-state index is 11.1. The second kappa shape index (κ2) is 5.75. The zero-order valence-electron chi connectivity index (χ0n) is 15.9. The first kappa shape index (κ1) is 16.0. The average Bonchev–Trinajstić information content (AvgIpc) is 2.89. The van der Waals surface area contributed by atoms with Crippen molar-refractivity contribution in [3.8, 4) is 5.75 Å². The molecule has 3 atom stereocenters. The van der Waals surface area contributed by atoms with Crippen LogP contribution in [-0.4, -0.2) is 17.7 Å². The minimum absolute atomic E-state index is 0.299. The third-order valence-electron chi connectivity index (χ3n) is 7.97. The summed E-state index contributed by atoms with van der Waals surface area (Å²) in [4.78, 5) is 0. The molecule has 0 radical (unpaired) electrons. The molecule has 0 amide bonds. The summed E-state index contributed by atoms with van der Waals surface area (Å²) in [7, 11) is 0. The lowest BCUT2D eigenvalue weighted by Gasteiger charge is -2.56. The van der Waals surface area contributed by atoms with Crippen molar-refractivity contribution >= 4 is 11.4 Å². The smallest absolute Gasteiger partial charge is 0.139 e. The molecular weight excluding hydrogens is 332 g/mol. The van der Waals surface area contributed by atoms with E-state index in [-0.39, 0.29) is 0 Å². The number of para-hydroxylation sites is 1. The molecule has 3 N–H and O–H groups in total. The number of benzene rings is 2. The van der Waals surface area contributed by atoms with Gasteiger partial charge in [-0.1, -0.05) is 31.0 Å². The summed E-state index contributed by atoms with van der Waals surface area (Å²) < 4.78 is 0. The number of nitrogens with one attached hydrogen (secondary N) is 2. The van der Waals surface area contributed by atoms with Crippen LogP contribution in [0.3, 0.4) is 0 Å². The van der Waals surface area contributed by atoms with Gasteiger partial charge in [-0.25, -0.2) is 0 Å². The molecule has 2 aliphatic heterocycles. The largest absolute Gasteiger partial charge is 0.506 e. The van der Waals surface area contributed by atoms with Gasteiger partial charge in [0.25, 0.3) is 0 Å². The molecule has 2 heterocycles. The van der Waals surface area contributed by atoms with E-state index in [0.717, 1.165) is 43.1 Å². The van der Waals surface area contributed by atoms with Crippen LogP contribution in [0.1, 0.15) is 54.4 Å². The number of hydrogen-bond acceptors (Lipinski definition) is 3. The van der Waals surface area contributed by atoms with Crippen LogP contribution in [0.25, 0.3) is 0 Å². The quantitative estimate of drug-likeness (QED) is 0.603. The number of aromatic hydroxyl groups is 1. The SMILES string of the molecule is Oc1cc2c(c3c1Nc1ccccc1CC3)CC1NCCC23CCCCC13. The van der Waals surface area contributed by atoms with Gasteiger partial charge in [-0.05, 0) is 85.4 Å². The molecule has 140 valence electrons. The topological polar surface area (TPSA) is 44.3 Å². The molecule has 1 saturated carbocycles. The Labute approximate surface area is 161 Å². The Morgan fingerprint density at radius 3 is 2.93 bits per heavy atom. The highest BCUT2D eigenvalue weighted by Crippen LogP contribution is 2.56. The van der Waals surface area contributed by atoms with Gasteiger partial charge in [0.2, 0.25) is 0 Å². The van der Waals surface area contributed by atoms with Crippen LogP contribution in [0.2, 0.25) is 0 Å². The number of aryl methyl sites for hydroxylation is 1. The Hall–Kier alpha value is -2.00. The van der Waals surface area contributed by atoms with Crippen molar-refractivity contribution in [3.63, 3.8) is 0 Å². The highest BCUT2D eigenvalue weighted by molar-refractivity contribution is 5.76. The second-order valence-electron chi connectivity index (χ2n) is 9.08. The predicted molar refractivity (Wildman–Crippen MR) is 109 cm³/mol. The second-order valence-corrected chi connectivity index (χ2v) is 9.08. The maximum Gasteiger partial charge on any atom is 0.139 e. The number of phenols is 1. The highest BCUT2D eigenvalue weighted by Gasteiger charge is 2.52. The first-order valence-electron chi connectivity index (χ1n) is 10.7. The molecule has 4 aliphatic rings. The summed E-state index contributed by atoms with van der Waals surface area (Å²) in [6.07, 6.45) is 9.77. The molecule has 27 heavy (non-hydrogen) atoms. The molecule has 3 nitrogen and oxygen atoms in total. The van der Waals surface area contributed by atoms with Crippen molar-refractivity contribution in [1.82, 2.24) is 5.32 Å². The molecule has 2 fully saturated rings. The predicted octanol–water partition coefficient (Wildman–Crippen LogP) is 4.58. The van der Waals surface area contributed by atoms with Gasteiger partial charge >= 0.3 is 0 Å². The summed E-state index contributed by atoms with van der Waals surface area (Å²) in [5, 5.41) is 18.5. The molecule has 1 saturated heterocycles. The molecule has 2 aliphatic carbocycles. The Morgan fingerprint density at radius 1 is 1.04 bits per heavy atom. The first-order chi connectivity index (χ1) is 13.3. The zero-order chi connectivity index (χ0) is 18.0. The van der Waals surface area contributed by atoms with E-state index in [1.807, 2.05) is 0 Å². The van der Waals surface area contributed by atoms with Crippen LogP contribution in [0.15, 0.2) is 30.3 Å². The minimum Gasteiger partial charge on any atom is -0.506 e. The fourth-order valence-corrected chi connectivity index (χ4v) is 6.80. The van der Waals surface area contributed by atoms with E-state index in [9.17, 15) is 5.11 Å². The zero-order valence-corrected chi connectivity index (χ0v) is 15.9. The van der Waals surface area contributed by atoms with Crippen molar-refractivity contribution in [2.45, 2.75) is 62.8 Å². The number of anilines is 2. The number of fused-ring (bicyclic) bond motifs is 4. The lowest BCUT2D eigenvalue weighted by atomic mass is 9.52. The molecule has 3 unspecified atom stereocenters. The Balaban J connectivity index is 1.55. The van der Waals surface area contributed by atoms with Crippen molar-refractivity contribution in [2.75, 3.05) is 11.9 Å². The van der Waals surface area contributed by atoms with Gasteiger partial charge in [-0.15, -0.1) is 0 Å². The Kier molecular flexibility index (Phi) is 3.41. The fraction of sp³-hybridized carbons (Fsp3) is 0.500. The Morgan fingerprint density at radius 2 is 1.96 bits per heavy atom. The van der Waals surface area contributed by atoms with E-state index in [1.165, 1.54) is 48.8 Å². The first-order valence-corrected chi connectivity index (χ1v) is 10.7. The van der Waals surface area contributed by atoms with Crippen molar-refractivity contribution in [3.05, 3.63) is 52.6 Å². The molecule has 2 bridgehead atoms. The number of phenolic OH excluding ortho intramolecular Hbond substituents is 1. The standard InChI is InChI=1S/C24H28N2O/c27-22-14-19-17(13-21-18-6-3-4-10-24(18,19)11-12-25-21)16-9-8-15-5-1-2-7-20(15)26-23(16)22/h1-2,5,7,14,18,21,25-27H,3-4,6,8-13H2. The normalized spacial score (nSPS) is 30.8. The van der Waals surface area contributed by atoms with Gasteiger partial charge in [0.15, 0.2) is 0 Å². The minimum atomic E-state index is 0.299. The van der Waals surface area contributed by atoms with Gasteiger partial charge in [0.1, 0.15) is 5.75 Å². The van der Waals surface area contributed by atoms with E-state index in [2.05, 4.69) is 41.0 Å². The number of piperidine rings is 1. The summed E-state index contributed by atoms with van der Waals surface area (Å²) >= 11 is 0. The van der Waals surface area contributed by atoms with E-state index >= 15 is 0 Å². The van der Waals surface area contributed by atoms with Crippen molar-refractivity contribution < 1.29 is 5.11 Å². The highest BCUT2D eigenvalue weighted by atomic mass is 16.3. The van der Waals surface area contributed by atoms with Gasteiger partial charge in [-0.2, -0.15) is 0 Å². The van der Waals surface area contributed by atoms with Gasteiger partial charge in [0.05, 0.1) is 5.69 Å². The summed E-state index contributed by atoms with van der Waals surface area (Å²) in [5.41, 5.74) is 8.17. The Bertz CT molecular complexity index is 917. The molecular formula is C24H28N2O. The summed E-state index contributed by atoms with van der Waals surface area (Å²) in [6, 6.07) is 11.3. The van der Waals surface area contributed by atoms with Crippen LogP contribution in [0.5, 0.6) is 5.75 Å². The third-order valence-corrected chi connectivity index (χ3v) is 7.97. The lowest BCUT2D eigenvalue weighted by Crippen LogP contribution is -2.59. The van der Waals surface area contributed by atoms with E-state index in [1.54, 1.807) is 5.56 Å². The van der Waals surface area contributed by atoms with Gasteiger partial charge in [-0.3, -0.25) is 0 Å². The number of hydrogen-bond donors (Lipinski definition) is 3. The van der Waals surface area contributed by atoms with Crippen LogP contribution < -0.4 is 10.6 Å². The van der Waals surface area contributed by atoms with Gasteiger partial charge < -0.3 is 15.7 Å². The van der Waals surface area contributed by atoms with Crippen LogP contribution >= 0.6 is 0 Å². The lowest BCUT2D eigenvalue weighted by molar-refractivity contribution is 0.0793. The molecule has 0 spiro atoms. The molecule has 6 rings (SSSR count). The van der Waals surface area contributed by atoms with E-state index in [0.29, 0.717) is 17.2 Å².